The van der Waals surface area contributed by atoms with Crippen molar-refractivity contribution in [1.82, 2.24) is 9.97 Å². The molecule has 0 bridgehead atoms. The topological polar surface area (TPSA) is 93.1 Å². The van der Waals surface area contributed by atoms with Gasteiger partial charge in [-0.25, -0.2) is 5.84 Å². The summed E-state index contributed by atoms with van der Waals surface area (Å²) in [5.41, 5.74) is 8.13. The summed E-state index contributed by atoms with van der Waals surface area (Å²) in [6, 6.07) is 6.11. The number of nitrogens with two attached hydrogens (primary N) is 2. The third kappa shape index (κ3) is 2.52. The number of thiophene rings is 1. The molecule has 1 atom stereocenters. The monoisotopic (exact) mass is 264 g/mol. The Morgan fingerprint density at radius 2 is 2.22 bits per heavy atom. The predicted octanol–water partition coefficient (Wildman–Crippen LogP) is 1.60. The fraction of sp³-hybridized carbons (Fsp3) is 0.273. The number of nitrogens with one attached hydrogen (secondary N) is 1. The highest BCUT2D eigenvalue weighted by atomic mass is 32.1. The van der Waals surface area contributed by atoms with Crippen molar-refractivity contribution in [1.29, 1.82) is 0 Å². The second kappa shape index (κ2) is 5.19. The van der Waals surface area contributed by atoms with Gasteiger partial charge in [0.05, 0.1) is 6.04 Å². The average molecular weight is 264 g/mol. The van der Waals surface area contributed by atoms with Crippen LogP contribution in [0.3, 0.4) is 0 Å². The molecule has 0 aliphatic rings. The maximum atomic E-state index is 5.65. The van der Waals surface area contributed by atoms with Crippen molar-refractivity contribution in [2.45, 2.75) is 13.0 Å². The molecule has 2 heterocycles. The first kappa shape index (κ1) is 12.6. The molecule has 2 rings (SSSR count). The summed E-state index contributed by atoms with van der Waals surface area (Å²) in [6.07, 6.45) is 0. The Morgan fingerprint density at radius 1 is 1.44 bits per heavy atom. The van der Waals surface area contributed by atoms with Gasteiger partial charge < -0.3 is 16.1 Å². The predicted molar refractivity (Wildman–Crippen MR) is 75.4 cm³/mol. The Bertz CT molecular complexity index is 512. The van der Waals surface area contributed by atoms with Crippen LogP contribution in [-0.2, 0) is 0 Å². The number of hydrogen-bond donors (Lipinski definition) is 3. The zero-order valence-corrected chi connectivity index (χ0v) is 11.1. The lowest BCUT2D eigenvalue weighted by Crippen LogP contribution is -2.23. The van der Waals surface area contributed by atoms with Crippen LogP contribution in [0.25, 0.3) is 0 Å². The first-order valence-corrected chi connectivity index (χ1v) is 6.37. The van der Waals surface area contributed by atoms with E-state index in [0.717, 1.165) is 5.82 Å². The number of anilines is 3. The van der Waals surface area contributed by atoms with Crippen molar-refractivity contribution in [2.75, 3.05) is 23.1 Å². The van der Waals surface area contributed by atoms with Gasteiger partial charge in [0.25, 0.3) is 0 Å². The van der Waals surface area contributed by atoms with Crippen LogP contribution in [0.1, 0.15) is 17.8 Å². The van der Waals surface area contributed by atoms with E-state index in [-0.39, 0.29) is 12.0 Å². The quantitative estimate of drug-likeness (QED) is 0.574. The molecule has 0 aliphatic heterocycles. The molecule has 18 heavy (non-hydrogen) atoms. The molecular weight excluding hydrogens is 248 g/mol. The molecule has 96 valence electrons. The lowest BCUT2D eigenvalue weighted by molar-refractivity contribution is 0.741. The van der Waals surface area contributed by atoms with E-state index in [4.69, 9.17) is 11.6 Å². The second-order valence-corrected chi connectivity index (χ2v) is 4.90. The van der Waals surface area contributed by atoms with Gasteiger partial charge in [-0.15, -0.1) is 11.3 Å². The van der Waals surface area contributed by atoms with Crippen LogP contribution in [0.2, 0.25) is 0 Å². The number of nitrogens with zero attached hydrogens (tertiary/aromatic N) is 3. The summed E-state index contributed by atoms with van der Waals surface area (Å²) < 4.78 is 0. The minimum absolute atomic E-state index is 0.200. The Morgan fingerprint density at radius 3 is 2.83 bits per heavy atom. The van der Waals surface area contributed by atoms with Gasteiger partial charge in [-0.2, -0.15) is 9.97 Å². The summed E-state index contributed by atoms with van der Waals surface area (Å²) in [4.78, 5) is 11.5. The lowest BCUT2D eigenvalue weighted by atomic mass is 10.2. The number of aromatic nitrogens is 2. The number of hydrazine groups is 1. The molecule has 0 amide bonds. The largest absolute Gasteiger partial charge is 0.368 e. The molecule has 0 spiro atoms. The van der Waals surface area contributed by atoms with Crippen molar-refractivity contribution in [3.63, 3.8) is 0 Å². The van der Waals surface area contributed by atoms with E-state index in [2.05, 4.69) is 33.8 Å². The molecule has 2 aromatic rings. The van der Waals surface area contributed by atoms with Gasteiger partial charge in [-0.05, 0) is 18.4 Å². The van der Waals surface area contributed by atoms with E-state index in [0.29, 0.717) is 5.82 Å². The van der Waals surface area contributed by atoms with E-state index in [1.807, 2.05) is 18.0 Å². The third-order valence-electron chi connectivity index (χ3n) is 2.78. The van der Waals surface area contributed by atoms with Crippen molar-refractivity contribution in [3.05, 3.63) is 28.5 Å². The van der Waals surface area contributed by atoms with Crippen molar-refractivity contribution in [3.8, 4) is 0 Å². The maximum absolute atomic E-state index is 5.65. The molecular formula is C11H16N6S. The van der Waals surface area contributed by atoms with E-state index in [1.54, 1.807) is 17.4 Å². The summed E-state index contributed by atoms with van der Waals surface area (Å²) in [5, 5.41) is 2.06. The standard InChI is InChI=1S/C11H16N6S/c1-7(8-4-3-5-18-8)17(2)10-6-9(16-13)14-11(12)15-10/h3-7H,13H2,1-2H3,(H3,12,14,15,16). The first-order valence-electron chi connectivity index (χ1n) is 5.49. The number of rotatable bonds is 4. The molecule has 6 nitrogen and oxygen atoms in total. The van der Waals surface area contributed by atoms with Gasteiger partial charge in [0, 0.05) is 18.0 Å². The van der Waals surface area contributed by atoms with E-state index >= 15 is 0 Å². The first-order chi connectivity index (χ1) is 8.61. The van der Waals surface area contributed by atoms with Crippen molar-refractivity contribution < 1.29 is 0 Å². The summed E-state index contributed by atoms with van der Waals surface area (Å²) in [5.74, 6) is 6.78. The Kier molecular flexibility index (Phi) is 3.63. The summed E-state index contributed by atoms with van der Waals surface area (Å²) in [6.45, 7) is 2.11. The third-order valence-corrected chi connectivity index (χ3v) is 3.82. The van der Waals surface area contributed by atoms with E-state index < -0.39 is 0 Å². The number of hydrogen-bond acceptors (Lipinski definition) is 7. The summed E-state index contributed by atoms with van der Waals surface area (Å²) in [7, 11) is 1.96. The minimum atomic E-state index is 0.200. The molecule has 0 fully saturated rings. The lowest BCUT2D eigenvalue weighted by Gasteiger charge is -2.25. The molecule has 0 saturated carbocycles. The van der Waals surface area contributed by atoms with Crippen LogP contribution >= 0.6 is 11.3 Å². The molecule has 0 radical (unpaired) electrons. The second-order valence-electron chi connectivity index (χ2n) is 3.92. The fourth-order valence-corrected chi connectivity index (χ4v) is 2.45. The Balaban J connectivity index is 2.28. The Hall–Kier alpha value is -1.86. The van der Waals surface area contributed by atoms with Crippen molar-refractivity contribution >= 4 is 28.9 Å². The van der Waals surface area contributed by atoms with Crippen LogP contribution in [0.4, 0.5) is 17.6 Å². The molecule has 0 aromatic carbocycles. The van der Waals surface area contributed by atoms with Gasteiger partial charge in [-0.3, -0.25) is 0 Å². The zero-order chi connectivity index (χ0) is 13.1. The van der Waals surface area contributed by atoms with E-state index in [1.165, 1.54) is 4.88 Å². The van der Waals surface area contributed by atoms with E-state index in [9.17, 15) is 0 Å². The molecule has 7 heteroatoms. The SMILES string of the molecule is CC(c1cccs1)N(C)c1cc(NN)nc(N)n1. The zero-order valence-electron chi connectivity index (χ0n) is 10.3. The highest BCUT2D eigenvalue weighted by molar-refractivity contribution is 7.10. The molecule has 1 unspecified atom stereocenters. The molecule has 2 aromatic heterocycles. The number of nitrogen functional groups attached to an aromatic ring is 2. The van der Waals surface area contributed by atoms with Gasteiger partial charge in [0.15, 0.2) is 0 Å². The van der Waals surface area contributed by atoms with Crippen LogP contribution in [0, 0.1) is 0 Å². The fourth-order valence-electron chi connectivity index (χ4n) is 1.63. The smallest absolute Gasteiger partial charge is 0.223 e. The van der Waals surface area contributed by atoms with Crippen LogP contribution in [0.5, 0.6) is 0 Å². The summed E-state index contributed by atoms with van der Waals surface area (Å²) >= 11 is 1.71. The highest BCUT2D eigenvalue weighted by Gasteiger charge is 2.15. The molecule has 0 saturated heterocycles. The molecule has 0 aliphatic carbocycles. The van der Waals surface area contributed by atoms with Crippen LogP contribution < -0.4 is 21.9 Å². The van der Waals surface area contributed by atoms with Gasteiger partial charge in [-0.1, -0.05) is 6.07 Å². The maximum Gasteiger partial charge on any atom is 0.223 e. The highest BCUT2D eigenvalue weighted by Crippen LogP contribution is 2.28. The van der Waals surface area contributed by atoms with Crippen LogP contribution in [-0.4, -0.2) is 17.0 Å². The van der Waals surface area contributed by atoms with Crippen LogP contribution in [0.15, 0.2) is 23.6 Å². The van der Waals surface area contributed by atoms with Gasteiger partial charge >= 0.3 is 0 Å². The minimum Gasteiger partial charge on any atom is -0.368 e. The van der Waals surface area contributed by atoms with Gasteiger partial charge in [0.2, 0.25) is 5.95 Å². The normalized spacial score (nSPS) is 12.2. The van der Waals surface area contributed by atoms with Gasteiger partial charge in [0.1, 0.15) is 11.6 Å². The van der Waals surface area contributed by atoms with Crippen molar-refractivity contribution in [2.24, 2.45) is 5.84 Å². The molecule has 5 N–H and O–H groups in total. The average Bonchev–Trinajstić information content (AvgIpc) is 2.90. The Labute approximate surface area is 110 Å².